The van der Waals surface area contributed by atoms with Gasteiger partial charge in [-0.2, -0.15) is 13.2 Å². The van der Waals surface area contributed by atoms with Gasteiger partial charge in [0.15, 0.2) is 0 Å². The normalized spacial score (nSPS) is 11.4. The zero-order valence-corrected chi connectivity index (χ0v) is 11.1. The van der Waals surface area contributed by atoms with E-state index in [1.807, 2.05) is 0 Å². The minimum absolute atomic E-state index is 0.119. The molecule has 2 aromatic rings. The van der Waals surface area contributed by atoms with Gasteiger partial charge in [-0.15, -0.1) is 0 Å². The van der Waals surface area contributed by atoms with Crippen molar-refractivity contribution in [1.82, 2.24) is 10.3 Å². The molecule has 4 nitrogen and oxygen atoms in total. The van der Waals surface area contributed by atoms with E-state index in [4.69, 9.17) is 0 Å². The highest BCUT2D eigenvalue weighted by molar-refractivity contribution is 5.94. The molecular formula is C14H14F3N3O. The minimum Gasteiger partial charge on any atom is -0.369 e. The molecule has 0 aliphatic rings. The minimum atomic E-state index is -4.40. The second-order valence-electron chi connectivity index (χ2n) is 4.41. The Morgan fingerprint density at radius 2 is 1.95 bits per heavy atom. The van der Waals surface area contributed by atoms with E-state index >= 15 is 0 Å². The van der Waals surface area contributed by atoms with Crippen LogP contribution in [0.25, 0.3) is 10.8 Å². The van der Waals surface area contributed by atoms with Crippen LogP contribution >= 0.6 is 0 Å². The number of fused-ring (bicyclic) bond motifs is 1. The van der Waals surface area contributed by atoms with Crippen molar-refractivity contribution in [1.29, 1.82) is 0 Å². The van der Waals surface area contributed by atoms with Gasteiger partial charge in [0, 0.05) is 24.7 Å². The van der Waals surface area contributed by atoms with Crippen LogP contribution in [0.3, 0.4) is 0 Å². The fourth-order valence-electron chi connectivity index (χ4n) is 2.05. The van der Waals surface area contributed by atoms with Crippen molar-refractivity contribution < 1.29 is 18.0 Å². The van der Waals surface area contributed by atoms with Gasteiger partial charge in [0.25, 0.3) is 0 Å². The smallest absolute Gasteiger partial charge is 0.369 e. The molecule has 1 aromatic heterocycles. The summed E-state index contributed by atoms with van der Waals surface area (Å²) < 4.78 is 38.9. The van der Waals surface area contributed by atoms with E-state index in [0.29, 0.717) is 37.1 Å². The number of nitrogens with zero attached hydrogens (tertiary/aromatic N) is 1. The lowest BCUT2D eigenvalue weighted by Crippen LogP contribution is -2.16. The number of nitrogens with one attached hydrogen (secondary N) is 2. The highest BCUT2D eigenvalue weighted by Gasteiger charge is 2.32. The van der Waals surface area contributed by atoms with Crippen LogP contribution in [0, 0.1) is 0 Å². The lowest BCUT2D eigenvalue weighted by atomic mass is 10.1. The lowest BCUT2D eigenvalue weighted by Gasteiger charge is -2.13. The van der Waals surface area contributed by atoms with Gasteiger partial charge in [0.1, 0.15) is 5.82 Å². The van der Waals surface area contributed by atoms with E-state index in [2.05, 4.69) is 15.6 Å². The summed E-state index contributed by atoms with van der Waals surface area (Å²) in [5.41, 5.74) is -0.673. The summed E-state index contributed by atoms with van der Waals surface area (Å²) in [6.07, 6.45) is -1.79. The van der Waals surface area contributed by atoms with Crippen LogP contribution in [0.15, 0.2) is 30.5 Å². The molecule has 21 heavy (non-hydrogen) atoms. The lowest BCUT2D eigenvalue weighted by molar-refractivity contribution is -0.136. The Bertz CT molecular complexity index is 628. The molecule has 0 fully saturated rings. The Kier molecular flexibility index (Phi) is 4.62. The average molecular weight is 297 g/mol. The number of hydrogen-bond donors (Lipinski definition) is 2. The summed E-state index contributed by atoms with van der Waals surface area (Å²) in [6, 6.07) is 5.38. The summed E-state index contributed by atoms with van der Waals surface area (Å²) in [4.78, 5) is 14.2. The van der Waals surface area contributed by atoms with Crippen LogP contribution in [0.4, 0.5) is 19.0 Å². The van der Waals surface area contributed by atoms with Gasteiger partial charge >= 0.3 is 6.18 Å². The largest absolute Gasteiger partial charge is 0.417 e. The summed E-state index contributed by atoms with van der Waals surface area (Å²) in [6.45, 7) is 0.998. The highest BCUT2D eigenvalue weighted by Crippen LogP contribution is 2.36. The molecule has 0 aliphatic heterocycles. The van der Waals surface area contributed by atoms with Gasteiger partial charge in [-0.3, -0.25) is 4.79 Å². The second-order valence-corrected chi connectivity index (χ2v) is 4.41. The number of amides is 1. The SMILES string of the molecule is O=CNCCCNc1nccc2c(C(F)(F)F)cccc12. The maximum atomic E-state index is 13.0. The predicted octanol–water partition coefficient (Wildman–Crippen LogP) is 2.80. The van der Waals surface area contributed by atoms with Gasteiger partial charge in [0.05, 0.1) is 5.56 Å². The Labute approximate surface area is 119 Å². The van der Waals surface area contributed by atoms with Crippen molar-refractivity contribution in [3.8, 4) is 0 Å². The van der Waals surface area contributed by atoms with Crippen LogP contribution in [0.5, 0.6) is 0 Å². The first-order valence-electron chi connectivity index (χ1n) is 6.40. The number of benzene rings is 1. The van der Waals surface area contributed by atoms with Crippen molar-refractivity contribution >= 4 is 23.0 Å². The number of halogens is 3. The van der Waals surface area contributed by atoms with E-state index in [1.165, 1.54) is 18.3 Å². The standard InChI is InChI=1S/C14H14F3N3O/c15-14(16,17)12-4-1-3-11-10(12)5-8-20-13(11)19-7-2-6-18-9-21/h1,3-5,8-9H,2,6-7H2,(H,18,21)(H,19,20). The number of alkyl halides is 3. The molecule has 112 valence electrons. The summed E-state index contributed by atoms with van der Waals surface area (Å²) >= 11 is 0. The molecule has 1 heterocycles. The van der Waals surface area contributed by atoms with E-state index < -0.39 is 11.7 Å². The average Bonchev–Trinajstić information content (AvgIpc) is 2.45. The molecule has 2 N–H and O–H groups in total. The molecule has 0 saturated carbocycles. The molecule has 1 aromatic carbocycles. The Morgan fingerprint density at radius 3 is 2.67 bits per heavy atom. The predicted molar refractivity (Wildman–Crippen MR) is 73.9 cm³/mol. The van der Waals surface area contributed by atoms with Gasteiger partial charge < -0.3 is 10.6 Å². The zero-order valence-electron chi connectivity index (χ0n) is 11.1. The molecule has 2 rings (SSSR count). The van der Waals surface area contributed by atoms with Gasteiger partial charge in [-0.1, -0.05) is 12.1 Å². The Hall–Kier alpha value is -2.31. The third kappa shape index (κ3) is 3.62. The van der Waals surface area contributed by atoms with Crippen LogP contribution in [0.2, 0.25) is 0 Å². The third-order valence-corrected chi connectivity index (χ3v) is 2.99. The highest BCUT2D eigenvalue weighted by atomic mass is 19.4. The molecule has 0 radical (unpaired) electrons. The van der Waals surface area contributed by atoms with Crippen molar-refractivity contribution in [2.24, 2.45) is 0 Å². The summed E-state index contributed by atoms with van der Waals surface area (Å²) in [5, 5.41) is 6.05. The van der Waals surface area contributed by atoms with E-state index in [1.54, 1.807) is 6.07 Å². The molecule has 0 aliphatic carbocycles. The number of carbonyl (C=O) groups excluding carboxylic acids is 1. The number of hydrogen-bond acceptors (Lipinski definition) is 3. The van der Waals surface area contributed by atoms with Crippen LogP contribution < -0.4 is 10.6 Å². The van der Waals surface area contributed by atoms with E-state index in [9.17, 15) is 18.0 Å². The first-order valence-corrected chi connectivity index (χ1v) is 6.40. The molecular weight excluding hydrogens is 283 g/mol. The first-order chi connectivity index (χ1) is 10.0. The van der Waals surface area contributed by atoms with Crippen molar-refractivity contribution in [3.63, 3.8) is 0 Å². The number of aromatic nitrogens is 1. The first kappa shape index (κ1) is 15.1. The van der Waals surface area contributed by atoms with Crippen LogP contribution in [-0.2, 0) is 11.0 Å². The van der Waals surface area contributed by atoms with Crippen LogP contribution in [0.1, 0.15) is 12.0 Å². The molecule has 0 bridgehead atoms. The van der Waals surface area contributed by atoms with Gasteiger partial charge in [-0.25, -0.2) is 4.98 Å². The molecule has 1 amide bonds. The van der Waals surface area contributed by atoms with Crippen LogP contribution in [-0.4, -0.2) is 24.5 Å². The van der Waals surface area contributed by atoms with Gasteiger partial charge in [-0.05, 0) is 23.9 Å². The van der Waals surface area contributed by atoms with Crippen molar-refractivity contribution in [3.05, 3.63) is 36.0 Å². The molecule has 0 atom stereocenters. The maximum absolute atomic E-state index is 13.0. The molecule has 0 unspecified atom stereocenters. The van der Waals surface area contributed by atoms with E-state index in [0.717, 1.165) is 6.07 Å². The van der Waals surface area contributed by atoms with Crippen molar-refractivity contribution in [2.75, 3.05) is 18.4 Å². The number of pyridine rings is 1. The fraction of sp³-hybridized carbons (Fsp3) is 0.286. The quantitative estimate of drug-likeness (QED) is 0.637. The Balaban J connectivity index is 2.24. The number of anilines is 1. The Morgan fingerprint density at radius 1 is 1.14 bits per heavy atom. The van der Waals surface area contributed by atoms with Gasteiger partial charge in [0.2, 0.25) is 6.41 Å². The number of rotatable bonds is 6. The topological polar surface area (TPSA) is 54.0 Å². The number of carbonyl (C=O) groups is 1. The van der Waals surface area contributed by atoms with Crippen molar-refractivity contribution in [2.45, 2.75) is 12.6 Å². The van der Waals surface area contributed by atoms with E-state index in [-0.39, 0.29) is 5.39 Å². The fourth-order valence-corrected chi connectivity index (χ4v) is 2.05. The molecule has 0 saturated heterocycles. The summed E-state index contributed by atoms with van der Waals surface area (Å²) in [5.74, 6) is 0.407. The second kappa shape index (κ2) is 6.43. The maximum Gasteiger partial charge on any atom is 0.417 e. The third-order valence-electron chi connectivity index (χ3n) is 2.99. The summed E-state index contributed by atoms with van der Waals surface area (Å²) in [7, 11) is 0. The molecule has 0 spiro atoms. The molecule has 7 heteroatoms. The zero-order chi connectivity index (χ0) is 15.3. The monoisotopic (exact) mass is 297 g/mol.